The zero-order valence-corrected chi connectivity index (χ0v) is 8.64. The number of hydrogen-bond acceptors (Lipinski definition) is 3. The molecule has 0 aromatic heterocycles. The number of benzene rings is 1. The number of hydrogen-bond donors (Lipinski definition) is 2. The molecule has 13 heavy (non-hydrogen) atoms. The van der Waals surface area contributed by atoms with Crippen LogP contribution in [0.1, 0.15) is 24.7 Å². The first-order valence-electron chi connectivity index (χ1n) is 4.28. The summed E-state index contributed by atoms with van der Waals surface area (Å²) in [5, 5.41) is 18.7. The summed E-state index contributed by atoms with van der Waals surface area (Å²) in [6, 6.07) is 4.97. The monoisotopic (exact) mass is 198 g/mol. The lowest BCUT2D eigenvalue weighted by atomic mass is 10.1. The van der Waals surface area contributed by atoms with Gasteiger partial charge in [-0.05, 0) is 30.4 Å². The van der Waals surface area contributed by atoms with Crippen molar-refractivity contribution in [3.63, 3.8) is 0 Å². The topological polar surface area (TPSA) is 40.5 Å². The van der Waals surface area contributed by atoms with Crippen molar-refractivity contribution in [2.24, 2.45) is 0 Å². The fraction of sp³-hybridized carbons (Fsp3) is 0.400. The van der Waals surface area contributed by atoms with E-state index in [0.29, 0.717) is 5.25 Å². The second kappa shape index (κ2) is 4.42. The van der Waals surface area contributed by atoms with Crippen LogP contribution in [0.2, 0.25) is 0 Å². The van der Waals surface area contributed by atoms with E-state index in [1.165, 1.54) is 6.07 Å². The molecule has 0 aliphatic rings. The van der Waals surface area contributed by atoms with E-state index < -0.39 is 0 Å². The van der Waals surface area contributed by atoms with Crippen molar-refractivity contribution in [1.29, 1.82) is 0 Å². The highest BCUT2D eigenvalue weighted by Gasteiger charge is 2.07. The van der Waals surface area contributed by atoms with Crippen LogP contribution >= 0.6 is 11.8 Å². The van der Waals surface area contributed by atoms with E-state index in [1.54, 1.807) is 17.8 Å². The van der Waals surface area contributed by atoms with E-state index >= 15 is 0 Å². The van der Waals surface area contributed by atoms with Crippen molar-refractivity contribution in [3.05, 3.63) is 23.8 Å². The van der Waals surface area contributed by atoms with E-state index in [9.17, 15) is 5.11 Å². The summed E-state index contributed by atoms with van der Waals surface area (Å²) in [4.78, 5) is 0. The lowest BCUT2D eigenvalue weighted by molar-refractivity contribution is 0.403. The second-order valence-corrected chi connectivity index (χ2v) is 4.46. The van der Waals surface area contributed by atoms with Gasteiger partial charge in [-0.25, -0.2) is 0 Å². The van der Waals surface area contributed by atoms with Crippen LogP contribution in [0.3, 0.4) is 0 Å². The zero-order chi connectivity index (χ0) is 9.84. The van der Waals surface area contributed by atoms with Gasteiger partial charge < -0.3 is 10.2 Å². The molecule has 1 unspecified atom stereocenters. The van der Waals surface area contributed by atoms with Crippen LogP contribution in [0.25, 0.3) is 0 Å². The maximum absolute atomic E-state index is 9.26. The first kappa shape index (κ1) is 10.3. The van der Waals surface area contributed by atoms with Crippen molar-refractivity contribution in [2.75, 3.05) is 5.75 Å². The Morgan fingerprint density at radius 3 is 2.54 bits per heavy atom. The highest BCUT2D eigenvalue weighted by molar-refractivity contribution is 7.99. The summed E-state index contributed by atoms with van der Waals surface area (Å²) in [7, 11) is 0. The maximum Gasteiger partial charge on any atom is 0.157 e. The minimum absolute atomic E-state index is 0.0407. The molecule has 0 radical (unpaired) electrons. The summed E-state index contributed by atoms with van der Waals surface area (Å²) >= 11 is 1.81. The largest absolute Gasteiger partial charge is 0.504 e. The molecule has 0 fully saturated rings. The van der Waals surface area contributed by atoms with Gasteiger partial charge in [0.05, 0.1) is 0 Å². The Hall–Kier alpha value is -0.830. The Morgan fingerprint density at radius 2 is 2.00 bits per heavy atom. The van der Waals surface area contributed by atoms with Gasteiger partial charge in [0.25, 0.3) is 0 Å². The van der Waals surface area contributed by atoms with Gasteiger partial charge in [-0.2, -0.15) is 11.8 Å². The highest BCUT2D eigenvalue weighted by atomic mass is 32.2. The molecule has 2 N–H and O–H groups in total. The number of phenolic OH excluding ortho intramolecular Hbond substituents is 2. The standard InChI is InChI=1S/C10H14O2S/c1-3-13-7(2)8-4-5-9(11)10(12)6-8/h4-7,11-12H,3H2,1-2H3. The Kier molecular flexibility index (Phi) is 3.48. The van der Waals surface area contributed by atoms with Crippen LogP contribution in [-0.4, -0.2) is 16.0 Å². The van der Waals surface area contributed by atoms with Gasteiger partial charge in [0.2, 0.25) is 0 Å². The van der Waals surface area contributed by atoms with Crippen LogP contribution in [0.5, 0.6) is 11.5 Å². The highest BCUT2D eigenvalue weighted by Crippen LogP contribution is 2.33. The average molecular weight is 198 g/mol. The van der Waals surface area contributed by atoms with Crippen LogP contribution in [0.4, 0.5) is 0 Å². The maximum atomic E-state index is 9.26. The predicted octanol–water partition coefficient (Wildman–Crippen LogP) is 2.91. The molecule has 2 nitrogen and oxygen atoms in total. The predicted molar refractivity (Wildman–Crippen MR) is 56.3 cm³/mol. The molecule has 0 spiro atoms. The third kappa shape index (κ3) is 2.56. The number of phenols is 2. The lowest BCUT2D eigenvalue weighted by Crippen LogP contribution is -1.88. The molecule has 0 aliphatic heterocycles. The summed E-state index contributed by atoms with van der Waals surface area (Å²) in [6.45, 7) is 4.18. The third-order valence-corrected chi connectivity index (χ3v) is 2.99. The van der Waals surface area contributed by atoms with Crippen LogP contribution < -0.4 is 0 Å². The van der Waals surface area contributed by atoms with Gasteiger partial charge in [-0.1, -0.05) is 13.0 Å². The van der Waals surface area contributed by atoms with Crippen LogP contribution in [0.15, 0.2) is 18.2 Å². The zero-order valence-electron chi connectivity index (χ0n) is 7.82. The first-order valence-corrected chi connectivity index (χ1v) is 5.33. The average Bonchev–Trinajstić information content (AvgIpc) is 2.10. The van der Waals surface area contributed by atoms with Gasteiger partial charge >= 0.3 is 0 Å². The summed E-state index contributed by atoms with van der Waals surface area (Å²) in [5.41, 5.74) is 1.04. The Morgan fingerprint density at radius 1 is 1.31 bits per heavy atom. The molecule has 3 heteroatoms. The lowest BCUT2D eigenvalue weighted by Gasteiger charge is -2.10. The van der Waals surface area contributed by atoms with Crippen molar-refractivity contribution in [2.45, 2.75) is 19.1 Å². The van der Waals surface area contributed by atoms with E-state index in [-0.39, 0.29) is 11.5 Å². The molecular formula is C10H14O2S. The first-order chi connectivity index (χ1) is 6.15. The van der Waals surface area contributed by atoms with Crippen molar-refractivity contribution in [1.82, 2.24) is 0 Å². The van der Waals surface area contributed by atoms with E-state index in [2.05, 4.69) is 13.8 Å². The number of aromatic hydroxyl groups is 2. The van der Waals surface area contributed by atoms with Crippen molar-refractivity contribution < 1.29 is 10.2 Å². The molecule has 72 valence electrons. The smallest absolute Gasteiger partial charge is 0.157 e. The minimum Gasteiger partial charge on any atom is -0.504 e. The Labute approximate surface area is 82.6 Å². The van der Waals surface area contributed by atoms with Crippen molar-refractivity contribution in [3.8, 4) is 11.5 Å². The molecule has 0 saturated carbocycles. The molecule has 0 amide bonds. The SMILES string of the molecule is CCSC(C)c1ccc(O)c(O)c1. The van der Waals surface area contributed by atoms with Gasteiger partial charge in [0.1, 0.15) is 0 Å². The normalized spacial score (nSPS) is 12.8. The summed E-state index contributed by atoms with van der Waals surface area (Å²) in [5.74, 6) is 0.946. The van der Waals surface area contributed by atoms with Gasteiger partial charge in [0.15, 0.2) is 11.5 Å². The Balaban J connectivity index is 2.84. The number of rotatable bonds is 3. The molecule has 1 atom stereocenters. The number of thioether (sulfide) groups is 1. The van der Waals surface area contributed by atoms with Gasteiger partial charge in [0, 0.05) is 5.25 Å². The van der Waals surface area contributed by atoms with Gasteiger partial charge in [-0.3, -0.25) is 0 Å². The Bertz CT molecular complexity index is 286. The molecule has 0 aliphatic carbocycles. The second-order valence-electron chi connectivity index (χ2n) is 2.85. The molecule has 1 aromatic carbocycles. The molecular weight excluding hydrogens is 184 g/mol. The van der Waals surface area contributed by atoms with E-state index in [0.717, 1.165) is 11.3 Å². The third-order valence-electron chi connectivity index (χ3n) is 1.89. The fourth-order valence-corrected chi connectivity index (χ4v) is 1.98. The van der Waals surface area contributed by atoms with Gasteiger partial charge in [-0.15, -0.1) is 0 Å². The van der Waals surface area contributed by atoms with Crippen molar-refractivity contribution >= 4 is 11.8 Å². The van der Waals surface area contributed by atoms with Crippen LogP contribution in [-0.2, 0) is 0 Å². The van der Waals surface area contributed by atoms with E-state index in [1.807, 2.05) is 6.07 Å². The van der Waals surface area contributed by atoms with E-state index in [4.69, 9.17) is 5.11 Å². The summed E-state index contributed by atoms with van der Waals surface area (Å²) < 4.78 is 0. The minimum atomic E-state index is -0.0579. The van der Waals surface area contributed by atoms with Crippen LogP contribution in [0, 0.1) is 0 Å². The quantitative estimate of drug-likeness (QED) is 0.734. The summed E-state index contributed by atoms with van der Waals surface area (Å²) in [6.07, 6.45) is 0. The molecule has 0 saturated heterocycles. The molecule has 0 heterocycles. The fourth-order valence-electron chi connectivity index (χ4n) is 1.14. The molecule has 0 bridgehead atoms. The molecule has 1 aromatic rings. The molecule has 1 rings (SSSR count).